The lowest BCUT2D eigenvalue weighted by molar-refractivity contribution is -0.137. The summed E-state index contributed by atoms with van der Waals surface area (Å²) in [7, 11) is 0. The van der Waals surface area contributed by atoms with Crippen LogP contribution < -0.4 is 5.32 Å². The summed E-state index contributed by atoms with van der Waals surface area (Å²) in [5.74, 6) is 0.810. The van der Waals surface area contributed by atoms with Gasteiger partial charge in [-0.15, -0.1) is 0 Å². The Morgan fingerprint density at radius 3 is 1.85 bits per heavy atom. The van der Waals surface area contributed by atoms with E-state index in [1.54, 1.807) is 12.1 Å². The molecular formula is C28H29F3N2. The van der Waals surface area contributed by atoms with Crippen molar-refractivity contribution in [3.8, 4) is 0 Å². The van der Waals surface area contributed by atoms with Crippen molar-refractivity contribution in [1.82, 2.24) is 10.2 Å². The highest BCUT2D eigenvalue weighted by Gasteiger charge is 2.46. The minimum atomic E-state index is -4.30. The number of hydrogen-bond donors (Lipinski definition) is 1. The highest BCUT2D eigenvalue weighted by atomic mass is 19.4. The summed E-state index contributed by atoms with van der Waals surface area (Å²) in [5, 5.41) is 3.77. The SMILES string of the molecule is FC(F)(F)c1ccc(CNC2C3CCN(CC3)C2C(c2ccccc2)c2ccccc2)cc1. The molecule has 3 heterocycles. The van der Waals surface area contributed by atoms with Crippen LogP contribution in [0.3, 0.4) is 0 Å². The van der Waals surface area contributed by atoms with E-state index in [-0.39, 0.29) is 12.0 Å². The normalized spacial score (nSPS) is 24.8. The Labute approximate surface area is 193 Å². The number of hydrogen-bond acceptors (Lipinski definition) is 2. The van der Waals surface area contributed by atoms with Crippen LogP contribution in [0.15, 0.2) is 84.9 Å². The molecule has 33 heavy (non-hydrogen) atoms. The van der Waals surface area contributed by atoms with Crippen LogP contribution in [0.5, 0.6) is 0 Å². The Balaban J connectivity index is 1.43. The second-order valence-corrected chi connectivity index (χ2v) is 9.26. The fourth-order valence-corrected chi connectivity index (χ4v) is 5.74. The van der Waals surface area contributed by atoms with Crippen molar-refractivity contribution in [2.75, 3.05) is 13.1 Å². The Morgan fingerprint density at radius 2 is 1.33 bits per heavy atom. The lowest BCUT2D eigenvalue weighted by atomic mass is 9.70. The molecule has 0 spiro atoms. The van der Waals surface area contributed by atoms with E-state index in [0.29, 0.717) is 18.5 Å². The molecule has 0 radical (unpaired) electrons. The van der Waals surface area contributed by atoms with Crippen molar-refractivity contribution < 1.29 is 13.2 Å². The molecule has 3 aromatic carbocycles. The van der Waals surface area contributed by atoms with Crippen molar-refractivity contribution in [2.24, 2.45) is 5.92 Å². The molecular weight excluding hydrogens is 421 g/mol. The maximum atomic E-state index is 12.9. The molecule has 172 valence electrons. The van der Waals surface area contributed by atoms with Gasteiger partial charge in [-0.25, -0.2) is 0 Å². The van der Waals surface area contributed by atoms with Crippen LogP contribution in [0.2, 0.25) is 0 Å². The average molecular weight is 451 g/mol. The third-order valence-corrected chi connectivity index (χ3v) is 7.35. The monoisotopic (exact) mass is 450 g/mol. The van der Waals surface area contributed by atoms with E-state index in [0.717, 1.165) is 31.5 Å². The standard InChI is InChI=1S/C28H29F3N2/c29-28(30,31)24-13-11-20(12-14-24)19-32-26-23-15-17-33(18-16-23)27(26)25(21-7-3-1-4-8-21)22-9-5-2-6-10-22/h1-14,23,25-27,32H,15-19H2. The molecule has 5 heteroatoms. The smallest absolute Gasteiger partial charge is 0.308 e. The van der Waals surface area contributed by atoms with Crippen molar-refractivity contribution in [3.63, 3.8) is 0 Å². The van der Waals surface area contributed by atoms with Crippen molar-refractivity contribution in [1.29, 1.82) is 0 Å². The maximum absolute atomic E-state index is 12.9. The first-order chi connectivity index (χ1) is 16.0. The minimum absolute atomic E-state index is 0.237. The second kappa shape index (κ2) is 9.32. The van der Waals surface area contributed by atoms with E-state index in [2.05, 4.69) is 70.9 Å². The highest BCUT2D eigenvalue weighted by molar-refractivity contribution is 5.36. The molecule has 2 atom stereocenters. The van der Waals surface area contributed by atoms with Gasteiger partial charge in [0.05, 0.1) is 5.56 Å². The predicted octanol–water partition coefficient (Wildman–Crippen LogP) is 6.09. The third kappa shape index (κ3) is 4.71. The van der Waals surface area contributed by atoms with Crippen LogP contribution in [-0.2, 0) is 12.7 Å². The third-order valence-electron chi connectivity index (χ3n) is 7.35. The van der Waals surface area contributed by atoms with Crippen LogP contribution in [0.4, 0.5) is 13.2 Å². The number of halogens is 3. The Hall–Kier alpha value is -2.63. The van der Waals surface area contributed by atoms with Gasteiger partial charge in [-0.3, -0.25) is 4.90 Å². The average Bonchev–Trinajstić information content (AvgIpc) is 2.85. The largest absolute Gasteiger partial charge is 0.416 e. The van der Waals surface area contributed by atoms with Crippen molar-refractivity contribution >= 4 is 0 Å². The highest BCUT2D eigenvalue weighted by Crippen LogP contribution is 2.42. The van der Waals surface area contributed by atoms with E-state index in [1.807, 2.05) is 0 Å². The van der Waals surface area contributed by atoms with Gasteiger partial charge in [-0.2, -0.15) is 13.2 Å². The second-order valence-electron chi connectivity index (χ2n) is 9.26. The maximum Gasteiger partial charge on any atom is 0.416 e. The topological polar surface area (TPSA) is 15.3 Å². The zero-order valence-corrected chi connectivity index (χ0v) is 18.5. The number of piperidine rings is 3. The molecule has 3 aliphatic heterocycles. The number of nitrogens with one attached hydrogen (secondary N) is 1. The first-order valence-electron chi connectivity index (χ1n) is 11.7. The molecule has 3 saturated heterocycles. The van der Waals surface area contributed by atoms with Gasteiger partial charge in [0.1, 0.15) is 0 Å². The van der Waals surface area contributed by atoms with E-state index in [4.69, 9.17) is 0 Å². The molecule has 3 aliphatic rings. The van der Waals surface area contributed by atoms with Gasteiger partial charge in [0, 0.05) is 24.5 Å². The summed E-state index contributed by atoms with van der Waals surface area (Å²) in [5.41, 5.74) is 2.90. The fraction of sp³-hybridized carbons (Fsp3) is 0.357. The number of fused-ring (bicyclic) bond motifs is 3. The van der Waals surface area contributed by atoms with E-state index < -0.39 is 11.7 Å². The first-order valence-corrected chi connectivity index (χ1v) is 11.7. The van der Waals surface area contributed by atoms with Crippen LogP contribution in [-0.4, -0.2) is 30.1 Å². The number of benzene rings is 3. The van der Waals surface area contributed by atoms with Gasteiger partial charge in [-0.05, 0) is 60.7 Å². The summed E-state index contributed by atoms with van der Waals surface area (Å²) in [6.07, 6.45) is -1.97. The van der Waals surface area contributed by atoms with Crippen LogP contribution in [0.25, 0.3) is 0 Å². The summed E-state index contributed by atoms with van der Waals surface area (Å²) >= 11 is 0. The van der Waals surface area contributed by atoms with Crippen molar-refractivity contribution in [2.45, 2.75) is 43.6 Å². The van der Waals surface area contributed by atoms with Gasteiger partial charge >= 0.3 is 6.18 Å². The molecule has 3 fully saturated rings. The van der Waals surface area contributed by atoms with Crippen LogP contribution >= 0.6 is 0 Å². The molecule has 0 aromatic heterocycles. The predicted molar refractivity (Wildman–Crippen MR) is 125 cm³/mol. The van der Waals surface area contributed by atoms with E-state index in [1.165, 1.54) is 23.3 Å². The van der Waals surface area contributed by atoms with Crippen LogP contribution in [0, 0.1) is 5.92 Å². The van der Waals surface area contributed by atoms with Gasteiger partial charge in [-0.1, -0.05) is 72.8 Å². The Kier molecular flexibility index (Phi) is 6.26. The van der Waals surface area contributed by atoms with E-state index in [9.17, 15) is 13.2 Å². The zero-order chi connectivity index (χ0) is 22.8. The fourth-order valence-electron chi connectivity index (χ4n) is 5.74. The number of nitrogens with zero attached hydrogens (tertiary/aromatic N) is 1. The summed E-state index contributed by atoms with van der Waals surface area (Å²) in [4.78, 5) is 2.62. The van der Waals surface area contributed by atoms with E-state index >= 15 is 0 Å². The van der Waals surface area contributed by atoms with Gasteiger partial charge in [0.25, 0.3) is 0 Å². The molecule has 2 nitrogen and oxygen atoms in total. The molecule has 0 saturated carbocycles. The number of rotatable bonds is 6. The molecule has 2 unspecified atom stereocenters. The molecule has 1 N–H and O–H groups in total. The molecule has 6 rings (SSSR count). The lowest BCUT2D eigenvalue weighted by Crippen LogP contribution is -2.64. The summed E-state index contributed by atoms with van der Waals surface area (Å²) in [6, 6.07) is 27.5. The molecule has 2 bridgehead atoms. The molecule has 0 amide bonds. The quantitative estimate of drug-likeness (QED) is 0.489. The first kappa shape index (κ1) is 22.2. The Bertz CT molecular complexity index is 987. The zero-order valence-electron chi connectivity index (χ0n) is 18.5. The van der Waals surface area contributed by atoms with Gasteiger partial charge in [0.2, 0.25) is 0 Å². The molecule has 0 aliphatic carbocycles. The van der Waals surface area contributed by atoms with Gasteiger partial charge in [0.15, 0.2) is 0 Å². The summed E-state index contributed by atoms with van der Waals surface area (Å²) in [6.45, 7) is 2.77. The Morgan fingerprint density at radius 1 is 0.788 bits per heavy atom. The van der Waals surface area contributed by atoms with Crippen LogP contribution in [0.1, 0.15) is 41.0 Å². The summed E-state index contributed by atoms with van der Waals surface area (Å²) < 4.78 is 38.8. The lowest BCUT2D eigenvalue weighted by Gasteiger charge is -2.54. The number of alkyl halides is 3. The molecule has 3 aromatic rings. The minimum Gasteiger partial charge on any atom is -0.308 e. The van der Waals surface area contributed by atoms with Crippen molar-refractivity contribution in [3.05, 3.63) is 107 Å². The van der Waals surface area contributed by atoms with Gasteiger partial charge < -0.3 is 5.32 Å².